The van der Waals surface area contributed by atoms with E-state index in [0.717, 1.165) is 22.8 Å². The highest BCUT2D eigenvalue weighted by atomic mass is 35.5. The van der Waals surface area contributed by atoms with Gasteiger partial charge < -0.3 is 14.7 Å². The Kier molecular flexibility index (Phi) is 10.6. The number of carbonyl (C=O) groups is 1. The highest BCUT2D eigenvalue weighted by Crippen LogP contribution is 2.32. The van der Waals surface area contributed by atoms with Gasteiger partial charge in [0.05, 0.1) is 12.9 Å². The molecule has 2 aromatic rings. The Morgan fingerprint density at radius 1 is 1.20 bits per heavy atom. The number of nitrogens with zero attached hydrogens (tertiary/aromatic N) is 3. The fourth-order valence-corrected chi connectivity index (χ4v) is 7.14. The van der Waals surface area contributed by atoms with Crippen molar-refractivity contribution in [1.29, 1.82) is 0 Å². The van der Waals surface area contributed by atoms with E-state index in [2.05, 4.69) is 30.6 Å². The summed E-state index contributed by atoms with van der Waals surface area (Å²) in [4.78, 5) is 16.0. The molecule has 3 rings (SSSR count). The number of carboxylic acids is 1. The maximum absolute atomic E-state index is 15.4. The van der Waals surface area contributed by atoms with Crippen molar-refractivity contribution in [2.45, 2.75) is 65.3 Å². The van der Waals surface area contributed by atoms with Crippen LogP contribution in [0, 0.1) is 11.2 Å². The Labute approximate surface area is 242 Å². The minimum atomic E-state index is -3.65. The summed E-state index contributed by atoms with van der Waals surface area (Å²) in [5.74, 6) is -1.69. The van der Waals surface area contributed by atoms with Gasteiger partial charge in [0.2, 0.25) is 10.0 Å². The SMILES string of the molecule is COc1ccc(Cl)c(CN(Cc2cccc(CN3C(C(=O)O)CCS3(=O)=O)c2)[C@H](CN(C)C)CC(C)(C)C)c1F. The quantitative estimate of drug-likeness (QED) is 0.374. The normalized spacial score (nSPS) is 18.4. The predicted molar refractivity (Wildman–Crippen MR) is 155 cm³/mol. The Balaban J connectivity index is 1.98. The van der Waals surface area contributed by atoms with E-state index in [4.69, 9.17) is 16.3 Å². The van der Waals surface area contributed by atoms with Crippen LogP contribution < -0.4 is 4.74 Å². The summed E-state index contributed by atoms with van der Waals surface area (Å²) < 4.78 is 46.9. The lowest BCUT2D eigenvalue weighted by molar-refractivity contribution is -0.141. The van der Waals surface area contributed by atoms with Crippen molar-refractivity contribution in [3.63, 3.8) is 0 Å². The lowest BCUT2D eigenvalue weighted by Crippen LogP contribution is -2.43. The van der Waals surface area contributed by atoms with Crippen molar-refractivity contribution in [2.75, 3.05) is 33.5 Å². The van der Waals surface area contributed by atoms with E-state index in [1.54, 1.807) is 12.1 Å². The molecule has 222 valence electrons. The Morgan fingerprint density at radius 2 is 1.88 bits per heavy atom. The zero-order valence-corrected chi connectivity index (χ0v) is 25.7. The van der Waals surface area contributed by atoms with Gasteiger partial charge in [0, 0.05) is 42.8 Å². The fourth-order valence-electron chi connectivity index (χ4n) is 5.25. The highest BCUT2D eigenvalue weighted by molar-refractivity contribution is 7.89. The second kappa shape index (κ2) is 13.2. The smallest absolute Gasteiger partial charge is 0.322 e. The molecule has 0 spiro atoms. The molecule has 1 unspecified atom stereocenters. The molecule has 0 aromatic heterocycles. The molecular formula is C29H41ClFN3O5S. The molecule has 0 aliphatic carbocycles. The number of hydrogen-bond donors (Lipinski definition) is 1. The summed E-state index contributed by atoms with van der Waals surface area (Å²) in [6.45, 7) is 7.90. The number of benzene rings is 2. The third-order valence-electron chi connectivity index (χ3n) is 7.03. The largest absolute Gasteiger partial charge is 0.494 e. The molecule has 0 bridgehead atoms. The maximum atomic E-state index is 15.4. The first kappa shape index (κ1) is 32.3. The molecule has 11 heteroatoms. The topological polar surface area (TPSA) is 90.4 Å². The second-order valence-corrected chi connectivity index (χ2v) is 14.4. The van der Waals surface area contributed by atoms with Gasteiger partial charge in [-0.05, 0) is 55.6 Å². The van der Waals surface area contributed by atoms with E-state index in [-0.39, 0.29) is 42.5 Å². The summed E-state index contributed by atoms with van der Waals surface area (Å²) in [5.41, 5.74) is 1.94. The molecule has 8 nitrogen and oxygen atoms in total. The van der Waals surface area contributed by atoms with E-state index in [1.807, 2.05) is 32.3 Å². The second-order valence-electron chi connectivity index (χ2n) is 12.0. The van der Waals surface area contributed by atoms with Gasteiger partial charge in [-0.3, -0.25) is 9.69 Å². The third-order valence-corrected chi connectivity index (χ3v) is 9.23. The van der Waals surface area contributed by atoms with Crippen LogP contribution in [0.3, 0.4) is 0 Å². The standard InChI is InChI=1S/C29H41ClFN3O5S/c1-29(2,3)15-22(18-32(4)5)33(19-23-24(30)10-11-26(39-6)27(23)31)16-20-8-7-9-21(14-20)17-34-25(28(35)36)12-13-40(34,37)38/h7-11,14,22,25H,12-13,15-19H2,1-6H3,(H,35,36)/t22-,25?/m0/s1. The van der Waals surface area contributed by atoms with Gasteiger partial charge in [-0.2, -0.15) is 4.31 Å². The molecule has 2 atom stereocenters. The minimum absolute atomic E-state index is 0.00650. The maximum Gasteiger partial charge on any atom is 0.322 e. The van der Waals surface area contributed by atoms with Crippen LogP contribution in [0.4, 0.5) is 4.39 Å². The predicted octanol–water partition coefficient (Wildman–Crippen LogP) is 4.85. The summed E-state index contributed by atoms with van der Waals surface area (Å²) >= 11 is 6.49. The first-order valence-electron chi connectivity index (χ1n) is 13.3. The molecule has 40 heavy (non-hydrogen) atoms. The molecule has 0 amide bonds. The average molecular weight is 598 g/mol. The van der Waals surface area contributed by atoms with Gasteiger partial charge in [-0.15, -0.1) is 0 Å². The van der Waals surface area contributed by atoms with Crippen LogP contribution in [0.25, 0.3) is 0 Å². The molecule has 1 aliphatic heterocycles. The van der Waals surface area contributed by atoms with E-state index in [9.17, 15) is 18.3 Å². The lowest BCUT2D eigenvalue weighted by Gasteiger charge is -2.38. The van der Waals surface area contributed by atoms with Crippen LogP contribution in [0.2, 0.25) is 5.02 Å². The molecular weight excluding hydrogens is 557 g/mol. The van der Waals surface area contributed by atoms with Gasteiger partial charge in [0.15, 0.2) is 11.6 Å². The molecule has 0 saturated carbocycles. The van der Waals surface area contributed by atoms with Gasteiger partial charge in [-0.25, -0.2) is 12.8 Å². The van der Waals surface area contributed by atoms with Crippen LogP contribution in [-0.2, 0) is 34.5 Å². The molecule has 1 heterocycles. The number of ether oxygens (including phenoxy) is 1. The van der Waals surface area contributed by atoms with Crippen molar-refractivity contribution in [1.82, 2.24) is 14.1 Å². The number of rotatable bonds is 12. The molecule has 1 aliphatic rings. The van der Waals surface area contributed by atoms with Gasteiger partial charge in [0.25, 0.3) is 0 Å². The monoisotopic (exact) mass is 597 g/mol. The molecule has 1 fully saturated rings. The lowest BCUT2D eigenvalue weighted by atomic mass is 9.87. The van der Waals surface area contributed by atoms with Crippen molar-refractivity contribution in [3.8, 4) is 5.75 Å². The number of likely N-dealkylation sites (N-methyl/N-ethyl adjacent to an activating group) is 1. The van der Waals surface area contributed by atoms with E-state index in [0.29, 0.717) is 22.7 Å². The number of hydrogen-bond acceptors (Lipinski definition) is 6. The Hall–Kier alpha value is -2.24. The molecule has 1 N–H and O–H groups in total. The van der Waals surface area contributed by atoms with E-state index >= 15 is 4.39 Å². The first-order valence-corrected chi connectivity index (χ1v) is 15.3. The first-order chi connectivity index (χ1) is 18.6. The average Bonchev–Trinajstić information content (AvgIpc) is 3.13. The van der Waals surface area contributed by atoms with Gasteiger partial charge in [-0.1, -0.05) is 56.6 Å². The number of carboxylic acid groups (broad SMARTS) is 1. The van der Waals surface area contributed by atoms with Crippen LogP contribution in [0.1, 0.15) is 50.3 Å². The van der Waals surface area contributed by atoms with E-state index in [1.165, 1.54) is 13.2 Å². The number of methoxy groups -OCH3 is 1. The summed E-state index contributed by atoms with van der Waals surface area (Å²) in [5, 5.41) is 9.86. The van der Waals surface area contributed by atoms with E-state index < -0.39 is 27.9 Å². The summed E-state index contributed by atoms with van der Waals surface area (Å²) in [7, 11) is 1.77. The fraction of sp³-hybridized carbons (Fsp3) is 0.552. The van der Waals surface area contributed by atoms with Gasteiger partial charge in [0.1, 0.15) is 6.04 Å². The zero-order chi connectivity index (χ0) is 29.8. The van der Waals surface area contributed by atoms with Crippen molar-refractivity contribution in [3.05, 3.63) is 63.9 Å². The number of halogens is 2. The Morgan fingerprint density at radius 3 is 2.48 bits per heavy atom. The van der Waals surface area contributed by atoms with Crippen LogP contribution >= 0.6 is 11.6 Å². The molecule has 0 radical (unpaired) electrons. The summed E-state index contributed by atoms with van der Waals surface area (Å²) in [6.07, 6.45) is 0.900. The van der Waals surface area contributed by atoms with Crippen LogP contribution in [0.5, 0.6) is 5.75 Å². The van der Waals surface area contributed by atoms with Crippen molar-refractivity contribution >= 4 is 27.6 Å². The van der Waals surface area contributed by atoms with Gasteiger partial charge >= 0.3 is 5.97 Å². The highest BCUT2D eigenvalue weighted by Gasteiger charge is 2.41. The zero-order valence-electron chi connectivity index (χ0n) is 24.2. The minimum Gasteiger partial charge on any atom is -0.494 e. The number of aliphatic carboxylic acids is 1. The third kappa shape index (κ3) is 8.39. The summed E-state index contributed by atoms with van der Waals surface area (Å²) in [6, 6.07) is 9.59. The molecule has 2 aromatic carbocycles. The van der Waals surface area contributed by atoms with Crippen molar-refractivity contribution < 1.29 is 27.4 Å². The molecule has 1 saturated heterocycles. The van der Waals surface area contributed by atoms with Crippen molar-refractivity contribution in [2.24, 2.45) is 5.41 Å². The Bertz CT molecular complexity index is 1300. The number of sulfonamides is 1. The van der Waals surface area contributed by atoms with Crippen LogP contribution in [-0.4, -0.2) is 79.2 Å². The van der Waals surface area contributed by atoms with Crippen LogP contribution in [0.15, 0.2) is 36.4 Å².